The molecule has 0 N–H and O–H groups in total. The summed E-state index contributed by atoms with van der Waals surface area (Å²) in [5, 5.41) is 0. The minimum atomic E-state index is 0.122. The average Bonchev–Trinajstić information content (AvgIpc) is 2.69. The lowest BCUT2D eigenvalue weighted by Gasteiger charge is -2.36. The Morgan fingerprint density at radius 2 is 1.54 bits per heavy atom. The van der Waals surface area contributed by atoms with Gasteiger partial charge in [-0.15, -0.1) is 0 Å². The van der Waals surface area contributed by atoms with Crippen molar-refractivity contribution in [2.24, 2.45) is 0 Å². The normalized spacial score (nSPS) is 18.7. The van der Waals surface area contributed by atoms with Crippen LogP contribution in [0.25, 0.3) is 0 Å². The molecule has 1 aromatic carbocycles. The van der Waals surface area contributed by atoms with E-state index in [2.05, 4.69) is 4.90 Å². The van der Waals surface area contributed by atoms with Crippen molar-refractivity contribution in [1.82, 2.24) is 14.7 Å². The number of likely N-dealkylation sites (tertiary alicyclic amines) is 1. The molecule has 0 radical (unpaired) electrons. The molecule has 2 amide bonds. The van der Waals surface area contributed by atoms with Gasteiger partial charge in [0.1, 0.15) is 5.75 Å². The summed E-state index contributed by atoms with van der Waals surface area (Å²) in [6.07, 6.45) is 3.83. The van der Waals surface area contributed by atoms with Crippen LogP contribution in [0.1, 0.15) is 24.8 Å². The molecule has 6 nitrogen and oxygen atoms in total. The number of hydrogen-bond acceptors (Lipinski definition) is 4. The van der Waals surface area contributed by atoms with E-state index in [0.29, 0.717) is 26.1 Å². The van der Waals surface area contributed by atoms with Crippen LogP contribution in [0.4, 0.5) is 0 Å². The largest absolute Gasteiger partial charge is 0.496 e. The molecule has 3 rings (SSSR count). The Labute approximate surface area is 155 Å². The van der Waals surface area contributed by atoms with Crippen molar-refractivity contribution >= 4 is 11.8 Å². The molecule has 0 bridgehead atoms. The number of para-hydroxylation sites is 1. The van der Waals surface area contributed by atoms with Crippen LogP contribution in [-0.2, 0) is 16.0 Å². The molecule has 2 aliphatic rings. The van der Waals surface area contributed by atoms with Gasteiger partial charge in [-0.2, -0.15) is 0 Å². The quantitative estimate of drug-likeness (QED) is 0.797. The summed E-state index contributed by atoms with van der Waals surface area (Å²) in [5.74, 6) is 1.11. The lowest BCUT2D eigenvalue weighted by Crippen LogP contribution is -2.52. The Balaban J connectivity index is 1.45. The second-order valence-corrected chi connectivity index (χ2v) is 7.09. The van der Waals surface area contributed by atoms with E-state index < -0.39 is 0 Å². The van der Waals surface area contributed by atoms with Crippen molar-refractivity contribution in [3.63, 3.8) is 0 Å². The van der Waals surface area contributed by atoms with Crippen molar-refractivity contribution in [3.8, 4) is 5.75 Å². The summed E-state index contributed by atoms with van der Waals surface area (Å²) in [6, 6.07) is 7.65. The van der Waals surface area contributed by atoms with Crippen LogP contribution >= 0.6 is 0 Å². The first-order chi connectivity index (χ1) is 12.7. The van der Waals surface area contributed by atoms with Crippen molar-refractivity contribution in [2.45, 2.75) is 25.7 Å². The standard InChI is InChI=1S/C20H29N3O3/c1-26-18-8-4-3-7-17(18)15-19(24)23-13-11-21(12-14-23)16-20(25)22-9-5-2-6-10-22/h3-4,7-8H,2,5-6,9-16H2,1H3. The molecule has 26 heavy (non-hydrogen) atoms. The molecule has 0 aliphatic carbocycles. The van der Waals surface area contributed by atoms with Crippen LogP contribution in [0.15, 0.2) is 24.3 Å². The van der Waals surface area contributed by atoms with E-state index >= 15 is 0 Å². The first kappa shape index (κ1) is 18.7. The fourth-order valence-electron chi connectivity index (χ4n) is 3.71. The third-order valence-electron chi connectivity index (χ3n) is 5.33. The maximum absolute atomic E-state index is 12.6. The molecule has 0 unspecified atom stereocenters. The average molecular weight is 359 g/mol. The van der Waals surface area contributed by atoms with Crippen LogP contribution in [0.2, 0.25) is 0 Å². The number of carbonyl (C=O) groups is 2. The molecule has 142 valence electrons. The van der Waals surface area contributed by atoms with E-state index in [0.717, 1.165) is 50.3 Å². The third kappa shape index (κ3) is 4.75. The van der Waals surface area contributed by atoms with E-state index in [-0.39, 0.29) is 11.8 Å². The van der Waals surface area contributed by atoms with Gasteiger partial charge < -0.3 is 14.5 Å². The molecule has 0 spiro atoms. The summed E-state index contributed by atoms with van der Waals surface area (Å²) >= 11 is 0. The molecule has 6 heteroatoms. The topological polar surface area (TPSA) is 53.1 Å². The Morgan fingerprint density at radius 3 is 2.23 bits per heavy atom. The molecular weight excluding hydrogens is 330 g/mol. The van der Waals surface area contributed by atoms with Gasteiger partial charge in [-0.05, 0) is 25.3 Å². The molecule has 2 heterocycles. The van der Waals surface area contributed by atoms with E-state index in [1.54, 1.807) is 7.11 Å². The Kier molecular flexibility index (Phi) is 6.50. The number of nitrogens with zero attached hydrogens (tertiary/aromatic N) is 3. The van der Waals surface area contributed by atoms with Crippen LogP contribution in [0.5, 0.6) is 5.75 Å². The number of carbonyl (C=O) groups excluding carboxylic acids is 2. The maximum atomic E-state index is 12.6. The van der Waals surface area contributed by atoms with E-state index in [1.165, 1.54) is 6.42 Å². The monoisotopic (exact) mass is 359 g/mol. The van der Waals surface area contributed by atoms with Gasteiger partial charge >= 0.3 is 0 Å². The predicted molar refractivity (Wildman–Crippen MR) is 100 cm³/mol. The number of rotatable bonds is 5. The SMILES string of the molecule is COc1ccccc1CC(=O)N1CCN(CC(=O)N2CCCCC2)CC1. The number of ether oxygens (including phenoxy) is 1. The van der Waals surface area contributed by atoms with Crippen LogP contribution in [-0.4, -0.2) is 79.4 Å². The highest BCUT2D eigenvalue weighted by atomic mass is 16.5. The summed E-state index contributed by atoms with van der Waals surface area (Å²) in [5.41, 5.74) is 0.919. The number of amides is 2. The summed E-state index contributed by atoms with van der Waals surface area (Å²) in [7, 11) is 1.63. The van der Waals surface area contributed by atoms with Crippen molar-refractivity contribution < 1.29 is 14.3 Å². The van der Waals surface area contributed by atoms with Gasteiger partial charge in [0.15, 0.2) is 0 Å². The zero-order valence-corrected chi connectivity index (χ0v) is 15.7. The summed E-state index contributed by atoms with van der Waals surface area (Å²) in [6.45, 7) is 5.16. The fourth-order valence-corrected chi connectivity index (χ4v) is 3.71. The Hall–Kier alpha value is -2.08. The molecule has 2 saturated heterocycles. The minimum absolute atomic E-state index is 0.122. The van der Waals surface area contributed by atoms with Gasteiger partial charge in [0, 0.05) is 44.8 Å². The molecule has 2 aliphatic heterocycles. The fraction of sp³-hybridized carbons (Fsp3) is 0.600. The van der Waals surface area contributed by atoms with E-state index in [4.69, 9.17) is 4.74 Å². The van der Waals surface area contributed by atoms with Gasteiger partial charge in [0.05, 0.1) is 20.1 Å². The number of piperazine rings is 1. The molecule has 0 atom stereocenters. The lowest BCUT2D eigenvalue weighted by molar-refractivity contribution is -0.135. The second-order valence-electron chi connectivity index (χ2n) is 7.09. The van der Waals surface area contributed by atoms with Gasteiger partial charge in [-0.3, -0.25) is 14.5 Å². The summed E-state index contributed by atoms with van der Waals surface area (Å²) < 4.78 is 5.33. The van der Waals surface area contributed by atoms with Crippen LogP contribution in [0, 0.1) is 0 Å². The smallest absolute Gasteiger partial charge is 0.236 e. The molecular formula is C20H29N3O3. The van der Waals surface area contributed by atoms with Gasteiger partial charge in [0.25, 0.3) is 0 Å². The highest BCUT2D eigenvalue weighted by molar-refractivity contribution is 5.80. The number of hydrogen-bond donors (Lipinski definition) is 0. The molecule has 1 aromatic rings. The highest BCUT2D eigenvalue weighted by Crippen LogP contribution is 2.19. The van der Waals surface area contributed by atoms with E-state index in [1.807, 2.05) is 34.1 Å². The zero-order valence-electron chi connectivity index (χ0n) is 15.7. The van der Waals surface area contributed by atoms with Crippen LogP contribution in [0.3, 0.4) is 0 Å². The van der Waals surface area contributed by atoms with Crippen molar-refractivity contribution in [1.29, 1.82) is 0 Å². The number of piperidine rings is 1. The third-order valence-corrected chi connectivity index (χ3v) is 5.33. The Morgan fingerprint density at radius 1 is 0.885 bits per heavy atom. The predicted octanol–water partition coefficient (Wildman–Crippen LogP) is 1.39. The molecule has 0 aromatic heterocycles. The van der Waals surface area contributed by atoms with Gasteiger partial charge in [-0.1, -0.05) is 18.2 Å². The Bertz CT molecular complexity index is 620. The van der Waals surface area contributed by atoms with E-state index in [9.17, 15) is 9.59 Å². The molecule has 2 fully saturated rings. The van der Waals surface area contributed by atoms with Crippen LogP contribution < -0.4 is 4.74 Å². The second kappa shape index (κ2) is 9.03. The van der Waals surface area contributed by atoms with Crippen molar-refractivity contribution in [3.05, 3.63) is 29.8 Å². The maximum Gasteiger partial charge on any atom is 0.236 e. The van der Waals surface area contributed by atoms with Crippen molar-refractivity contribution in [2.75, 3.05) is 52.9 Å². The summed E-state index contributed by atoms with van der Waals surface area (Å²) in [4.78, 5) is 31.0. The number of benzene rings is 1. The first-order valence-electron chi connectivity index (χ1n) is 9.57. The molecule has 0 saturated carbocycles. The first-order valence-corrected chi connectivity index (χ1v) is 9.57. The zero-order chi connectivity index (χ0) is 18.4. The van der Waals surface area contributed by atoms with Gasteiger partial charge in [-0.25, -0.2) is 0 Å². The number of methoxy groups -OCH3 is 1. The highest BCUT2D eigenvalue weighted by Gasteiger charge is 2.25. The minimum Gasteiger partial charge on any atom is -0.496 e. The lowest BCUT2D eigenvalue weighted by atomic mass is 10.1. The van der Waals surface area contributed by atoms with Gasteiger partial charge in [0.2, 0.25) is 11.8 Å².